The van der Waals surface area contributed by atoms with Gasteiger partial charge in [-0.3, -0.25) is 0 Å². The van der Waals surface area contributed by atoms with Gasteiger partial charge in [-0.1, -0.05) is 31.2 Å². The molecule has 3 rings (SSSR count). The number of nitrogens with zero attached hydrogens (tertiary/aromatic N) is 3. The van der Waals surface area contributed by atoms with Crippen LogP contribution in [0.25, 0.3) is 0 Å². The van der Waals surface area contributed by atoms with Crippen LogP contribution in [0.5, 0.6) is 0 Å². The summed E-state index contributed by atoms with van der Waals surface area (Å²) in [5.41, 5.74) is 1.67. The number of aliphatic imine (C=N–C) groups is 1. The first kappa shape index (κ1) is 23.4. The minimum absolute atomic E-state index is 0. The van der Waals surface area contributed by atoms with Crippen LogP contribution >= 0.6 is 24.0 Å². The van der Waals surface area contributed by atoms with Crippen molar-refractivity contribution >= 4 is 35.8 Å². The SMILES string of the molecule is CCNC(=NCc1ccc(N2CCC(C)CC2)nc1)NCc1ccccc1F.I. The smallest absolute Gasteiger partial charge is 0.191 e. The predicted octanol–water partition coefficient (Wildman–Crippen LogP) is 4.33. The van der Waals surface area contributed by atoms with E-state index in [1.165, 1.54) is 18.9 Å². The lowest BCUT2D eigenvalue weighted by Crippen LogP contribution is -2.37. The highest BCUT2D eigenvalue weighted by atomic mass is 127. The van der Waals surface area contributed by atoms with Gasteiger partial charge in [0.05, 0.1) is 6.54 Å². The Labute approximate surface area is 190 Å². The van der Waals surface area contributed by atoms with Crippen LogP contribution < -0.4 is 15.5 Å². The summed E-state index contributed by atoms with van der Waals surface area (Å²) in [5, 5.41) is 6.38. The standard InChI is InChI=1S/C22H30FN5.HI/c1-3-24-22(27-16-19-6-4-5-7-20(19)23)26-15-18-8-9-21(25-14-18)28-12-10-17(2)11-13-28;/h4-9,14,17H,3,10-13,15-16H2,1-2H3,(H2,24,26,27);1H. The molecule has 2 heterocycles. The Morgan fingerprint density at radius 3 is 2.59 bits per heavy atom. The molecule has 1 aliphatic heterocycles. The fourth-order valence-electron chi connectivity index (χ4n) is 3.27. The molecule has 0 spiro atoms. The van der Waals surface area contributed by atoms with Gasteiger partial charge in [0.15, 0.2) is 5.96 Å². The Bertz CT molecular complexity index is 773. The quantitative estimate of drug-likeness (QED) is 0.345. The number of hydrogen-bond donors (Lipinski definition) is 2. The van der Waals surface area contributed by atoms with Crippen molar-refractivity contribution in [2.45, 2.75) is 39.8 Å². The van der Waals surface area contributed by atoms with E-state index in [-0.39, 0.29) is 29.8 Å². The first-order valence-electron chi connectivity index (χ1n) is 10.1. The van der Waals surface area contributed by atoms with E-state index in [4.69, 9.17) is 0 Å². The minimum Gasteiger partial charge on any atom is -0.357 e. The molecule has 1 aliphatic rings. The van der Waals surface area contributed by atoms with Crippen LogP contribution in [-0.4, -0.2) is 30.6 Å². The summed E-state index contributed by atoms with van der Waals surface area (Å²) in [6.45, 7) is 8.14. The molecule has 0 atom stereocenters. The van der Waals surface area contributed by atoms with Crippen molar-refractivity contribution in [1.29, 1.82) is 0 Å². The van der Waals surface area contributed by atoms with Crippen molar-refractivity contribution in [2.24, 2.45) is 10.9 Å². The Morgan fingerprint density at radius 1 is 1.17 bits per heavy atom. The van der Waals surface area contributed by atoms with E-state index in [2.05, 4.69) is 44.6 Å². The van der Waals surface area contributed by atoms with Crippen LogP contribution in [0.4, 0.5) is 10.2 Å². The van der Waals surface area contributed by atoms with Crippen molar-refractivity contribution in [2.75, 3.05) is 24.5 Å². The number of hydrogen-bond acceptors (Lipinski definition) is 3. The van der Waals surface area contributed by atoms with Gasteiger partial charge in [0, 0.05) is 37.9 Å². The van der Waals surface area contributed by atoms with Crippen LogP contribution in [-0.2, 0) is 13.1 Å². The summed E-state index contributed by atoms with van der Waals surface area (Å²) < 4.78 is 13.8. The molecule has 0 bridgehead atoms. The van der Waals surface area contributed by atoms with E-state index < -0.39 is 0 Å². The van der Waals surface area contributed by atoms with Gasteiger partial charge in [-0.25, -0.2) is 14.4 Å². The maximum atomic E-state index is 13.8. The van der Waals surface area contributed by atoms with E-state index in [9.17, 15) is 4.39 Å². The zero-order chi connectivity index (χ0) is 19.8. The summed E-state index contributed by atoms with van der Waals surface area (Å²) >= 11 is 0. The fourth-order valence-corrected chi connectivity index (χ4v) is 3.27. The van der Waals surface area contributed by atoms with Crippen LogP contribution in [0.3, 0.4) is 0 Å². The van der Waals surface area contributed by atoms with E-state index >= 15 is 0 Å². The largest absolute Gasteiger partial charge is 0.357 e. The fraction of sp³-hybridized carbons (Fsp3) is 0.455. The molecule has 1 aromatic heterocycles. The van der Waals surface area contributed by atoms with Crippen molar-refractivity contribution in [3.05, 3.63) is 59.5 Å². The molecule has 1 saturated heterocycles. The molecule has 7 heteroatoms. The van der Waals surface area contributed by atoms with Crippen LogP contribution in [0.2, 0.25) is 0 Å². The van der Waals surface area contributed by atoms with Crippen molar-refractivity contribution in [3.63, 3.8) is 0 Å². The number of anilines is 1. The number of benzene rings is 1. The summed E-state index contributed by atoms with van der Waals surface area (Å²) in [6.07, 6.45) is 4.36. The van der Waals surface area contributed by atoms with Crippen LogP contribution in [0.15, 0.2) is 47.6 Å². The van der Waals surface area contributed by atoms with E-state index in [0.29, 0.717) is 24.6 Å². The van der Waals surface area contributed by atoms with Gasteiger partial charge in [-0.2, -0.15) is 0 Å². The number of rotatable bonds is 6. The van der Waals surface area contributed by atoms with E-state index in [1.807, 2.05) is 19.2 Å². The molecule has 2 N–H and O–H groups in total. The Hall–Kier alpha value is -1.90. The highest BCUT2D eigenvalue weighted by Crippen LogP contribution is 2.21. The zero-order valence-electron chi connectivity index (χ0n) is 17.2. The molecule has 0 amide bonds. The third-order valence-electron chi connectivity index (χ3n) is 5.08. The zero-order valence-corrected chi connectivity index (χ0v) is 19.5. The average Bonchev–Trinajstić information content (AvgIpc) is 2.72. The van der Waals surface area contributed by atoms with Crippen molar-refractivity contribution < 1.29 is 4.39 Å². The summed E-state index contributed by atoms with van der Waals surface area (Å²) in [6, 6.07) is 10.9. The molecular formula is C22H31FIN5. The number of aromatic nitrogens is 1. The monoisotopic (exact) mass is 511 g/mol. The third-order valence-corrected chi connectivity index (χ3v) is 5.08. The molecule has 0 radical (unpaired) electrons. The second-order valence-corrected chi connectivity index (χ2v) is 7.33. The van der Waals surface area contributed by atoms with Gasteiger partial charge in [-0.05, 0) is 43.4 Å². The van der Waals surface area contributed by atoms with E-state index in [0.717, 1.165) is 36.9 Å². The van der Waals surface area contributed by atoms with Gasteiger partial charge in [0.25, 0.3) is 0 Å². The Kier molecular flexibility index (Phi) is 9.63. The topological polar surface area (TPSA) is 52.6 Å². The third kappa shape index (κ3) is 7.13. The van der Waals surface area contributed by atoms with Crippen molar-refractivity contribution in [3.8, 4) is 0 Å². The second kappa shape index (κ2) is 11.9. The molecule has 1 aromatic carbocycles. The summed E-state index contributed by atoms with van der Waals surface area (Å²) in [5.74, 6) is 2.31. The predicted molar refractivity (Wildman–Crippen MR) is 128 cm³/mol. The molecule has 158 valence electrons. The maximum Gasteiger partial charge on any atom is 0.191 e. The average molecular weight is 511 g/mol. The number of guanidine groups is 1. The van der Waals surface area contributed by atoms with Gasteiger partial charge in [-0.15, -0.1) is 24.0 Å². The molecule has 0 unspecified atom stereocenters. The molecule has 1 fully saturated rings. The lowest BCUT2D eigenvalue weighted by Gasteiger charge is -2.31. The summed E-state index contributed by atoms with van der Waals surface area (Å²) in [7, 11) is 0. The van der Waals surface area contributed by atoms with Gasteiger partial charge < -0.3 is 15.5 Å². The van der Waals surface area contributed by atoms with Gasteiger partial charge in [0.1, 0.15) is 11.6 Å². The van der Waals surface area contributed by atoms with E-state index in [1.54, 1.807) is 12.1 Å². The molecule has 0 saturated carbocycles. The second-order valence-electron chi connectivity index (χ2n) is 7.33. The molecular weight excluding hydrogens is 480 g/mol. The first-order chi connectivity index (χ1) is 13.7. The van der Waals surface area contributed by atoms with Crippen LogP contribution in [0.1, 0.15) is 37.8 Å². The molecule has 0 aliphatic carbocycles. The Morgan fingerprint density at radius 2 is 1.93 bits per heavy atom. The number of piperidine rings is 1. The summed E-state index contributed by atoms with van der Waals surface area (Å²) in [4.78, 5) is 11.6. The molecule has 29 heavy (non-hydrogen) atoms. The number of nitrogens with one attached hydrogen (secondary N) is 2. The number of pyridine rings is 1. The highest BCUT2D eigenvalue weighted by molar-refractivity contribution is 14.0. The van der Waals surface area contributed by atoms with Gasteiger partial charge in [0.2, 0.25) is 0 Å². The van der Waals surface area contributed by atoms with Gasteiger partial charge >= 0.3 is 0 Å². The molecule has 5 nitrogen and oxygen atoms in total. The maximum absolute atomic E-state index is 13.8. The first-order valence-corrected chi connectivity index (χ1v) is 10.1. The van der Waals surface area contributed by atoms with Crippen molar-refractivity contribution in [1.82, 2.24) is 15.6 Å². The Balaban J connectivity index is 0.00000300. The molecule has 2 aromatic rings. The van der Waals surface area contributed by atoms with Crippen LogP contribution in [0, 0.1) is 11.7 Å². The number of halogens is 2. The lowest BCUT2D eigenvalue weighted by atomic mass is 9.99. The highest BCUT2D eigenvalue weighted by Gasteiger charge is 2.16. The normalized spacial score (nSPS) is 15.0. The minimum atomic E-state index is -0.210. The lowest BCUT2D eigenvalue weighted by molar-refractivity contribution is 0.436.